The summed E-state index contributed by atoms with van der Waals surface area (Å²) >= 11 is 0. The molecule has 0 bridgehead atoms. The van der Waals surface area contributed by atoms with Gasteiger partial charge < -0.3 is 9.38 Å². The van der Waals surface area contributed by atoms with Crippen LogP contribution in [0.4, 0.5) is 11.4 Å². The van der Waals surface area contributed by atoms with Crippen molar-refractivity contribution >= 4 is 29.1 Å². The maximum atomic E-state index is 4.66. The summed E-state index contributed by atoms with van der Waals surface area (Å²) in [5.41, 5.74) is 13.3. The number of benzene rings is 4. The van der Waals surface area contributed by atoms with Gasteiger partial charge in [-0.2, -0.15) is 0 Å². The summed E-state index contributed by atoms with van der Waals surface area (Å²) in [6, 6.07) is 37.3. The zero-order chi connectivity index (χ0) is 25.2. The molecule has 0 spiro atoms. The Morgan fingerprint density at radius 1 is 0.579 bits per heavy atom. The fourth-order valence-electron chi connectivity index (χ4n) is 6.22. The lowest BCUT2D eigenvalue weighted by atomic mass is 9.43. The molecule has 0 aliphatic carbocycles. The summed E-state index contributed by atoms with van der Waals surface area (Å²) in [7, 11) is 2.05. The molecule has 2 aromatic heterocycles. The smallest absolute Gasteiger partial charge is 0.329 e. The molecule has 178 valence electrons. The second-order valence-corrected chi connectivity index (χ2v) is 9.99. The van der Waals surface area contributed by atoms with Gasteiger partial charge in [0, 0.05) is 53.7 Å². The van der Waals surface area contributed by atoms with E-state index in [1.165, 1.54) is 44.6 Å². The van der Waals surface area contributed by atoms with Gasteiger partial charge >= 0.3 is 6.85 Å². The van der Waals surface area contributed by atoms with E-state index in [1.54, 1.807) is 0 Å². The van der Waals surface area contributed by atoms with E-state index in [1.807, 2.05) is 24.7 Å². The molecule has 4 nitrogen and oxygen atoms in total. The molecule has 0 N–H and O–H groups in total. The standard InChI is InChI=1S/C33H23BN4/c1-37-19-18-36-33(37)23-14-16-25-27-9-3-5-12-32(27)38-31-11-4-2-8-26(31)24-15-13-22(30-10-6-7-17-35-30)20-28(24)34(38)29(25)21-23/h2-21H,1H3. The van der Waals surface area contributed by atoms with Crippen molar-refractivity contribution in [2.24, 2.45) is 7.05 Å². The number of rotatable bonds is 2. The van der Waals surface area contributed by atoms with E-state index in [0.717, 1.165) is 22.6 Å². The SMILES string of the molecule is Cn1ccnc1-c1ccc2c(c1)B1c3cc(-c4ccccn4)ccc3-c3ccccc3N1c1ccccc1-2. The lowest BCUT2D eigenvalue weighted by Crippen LogP contribution is -2.59. The largest absolute Gasteiger partial charge is 0.376 e. The van der Waals surface area contributed by atoms with Crippen molar-refractivity contribution in [3.8, 4) is 44.9 Å². The number of anilines is 2. The first-order valence-corrected chi connectivity index (χ1v) is 12.9. The molecule has 2 aliphatic heterocycles. The van der Waals surface area contributed by atoms with Gasteiger partial charge in [-0.05, 0) is 51.9 Å². The van der Waals surface area contributed by atoms with Crippen molar-refractivity contribution in [1.29, 1.82) is 0 Å². The molecule has 0 amide bonds. The Morgan fingerprint density at radius 3 is 1.84 bits per heavy atom. The van der Waals surface area contributed by atoms with Gasteiger partial charge in [-0.3, -0.25) is 4.98 Å². The number of hydrogen-bond donors (Lipinski definition) is 0. The van der Waals surface area contributed by atoms with Gasteiger partial charge in [0.15, 0.2) is 0 Å². The highest BCUT2D eigenvalue weighted by atomic mass is 15.1. The third kappa shape index (κ3) is 2.99. The van der Waals surface area contributed by atoms with Gasteiger partial charge in [0.25, 0.3) is 0 Å². The number of aromatic nitrogens is 3. The van der Waals surface area contributed by atoms with Crippen molar-refractivity contribution in [3.63, 3.8) is 0 Å². The fraction of sp³-hybridized carbons (Fsp3) is 0.0303. The molecule has 0 radical (unpaired) electrons. The normalized spacial score (nSPS) is 12.8. The van der Waals surface area contributed by atoms with E-state index in [0.29, 0.717) is 0 Å². The van der Waals surface area contributed by atoms with Crippen LogP contribution in [0, 0.1) is 0 Å². The quantitative estimate of drug-likeness (QED) is 0.279. The molecule has 0 saturated carbocycles. The monoisotopic (exact) mass is 486 g/mol. The minimum atomic E-state index is 0.0219. The van der Waals surface area contributed by atoms with E-state index in [2.05, 4.69) is 123 Å². The van der Waals surface area contributed by atoms with Crippen molar-refractivity contribution in [3.05, 3.63) is 122 Å². The minimum Gasteiger partial charge on any atom is -0.376 e. The molecule has 8 rings (SSSR count). The van der Waals surface area contributed by atoms with Crippen LogP contribution in [0.2, 0.25) is 0 Å². The number of fused-ring (bicyclic) bond motifs is 11. The molecule has 2 aliphatic rings. The molecule has 38 heavy (non-hydrogen) atoms. The molecular formula is C33H23BN4. The Bertz CT molecular complexity index is 1860. The topological polar surface area (TPSA) is 34.0 Å². The fourth-order valence-corrected chi connectivity index (χ4v) is 6.22. The first-order valence-electron chi connectivity index (χ1n) is 12.9. The summed E-state index contributed by atoms with van der Waals surface area (Å²) in [4.78, 5) is 11.8. The Hall–Kier alpha value is -4.90. The second kappa shape index (κ2) is 8.05. The Balaban J connectivity index is 1.45. The van der Waals surface area contributed by atoms with Crippen molar-refractivity contribution < 1.29 is 0 Å². The van der Waals surface area contributed by atoms with Gasteiger partial charge in [-0.25, -0.2) is 4.98 Å². The number of nitrogens with zero attached hydrogens (tertiary/aromatic N) is 4. The molecule has 4 heterocycles. The number of para-hydroxylation sites is 2. The van der Waals surface area contributed by atoms with Gasteiger partial charge in [-0.15, -0.1) is 0 Å². The van der Waals surface area contributed by atoms with E-state index >= 15 is 0 Å². The van der Waals surface area contributed by atoms with Gasteiger partial charge in [0.05, 0.1) is 5.69 Å². The van der Waals surface area contributed by atoms with Gasteiger partial charge in [-0.1, -0.05) is 78.9 Å². The molecule has 0 fully saturated rings. The van der Waals surface area contributed by atoms with Crippen LogP contribution >= 0.6 is 0 Å². The van der Waals surface area contributed by atoms with Crippen LogP contribution in [0.15, 0.2) is 122 Å². The van der Waals surface area contributed by atoms with Crippen LogP contribution in [0.5, 0.6) is 0 Å². The average Bonchev–Trinajstić information content (AvgIpc) is 3.42. The van der Waals surface area contributed by atoms with Crippen LogP contribution in [-0.2, 0) is 7.05 Å². The maximum absolute atomic E-state index is 4.66. The number of aryl methyl sites for hydroxylation is 1. The number of hydrogen-bond acceptors (Lipinski definition) is 3. The minimum absolute atomic E-state index is 0.0219. The zero-order valence-corrected chi connectivity index (χ0v) is 20.9. The first-order chi connectivity index (χ1) is 18.8. The van der Waals surface area contributed by atoms with Crippen LogP contribution < -0.4 is 15.7 Å². The van der Waals surface area contributed by atoms with E-state index in [9.17, 15) is 0 Å². The van der Waals surface area contributed by atoms with Crippen molar-refractivity contribution in [2.45, 2.75) is 0 Å². The highest BCUT2D eigenvalue weighted by Crippen LogP contribution is 2.46. The molecule has 5 heteroatoms. The lowest BCUT2D eigenvalue weighted by Gasteiger charge is -2.43. The third-order valence-corrected chi connectivity index (χ3v) is 7.90. The summed E-state index contributed by atoms with van der Waals surface area (Å²) in [5.74, 6) is 0.969. The summed E-state index contributed by atoms with van der Waals surface area (Å²) in [6.45, 7) is 0.0219. The lowest BCUT2D eigenvalue weighted by molar-refractivity contribution is 0.925. The molecule has 0 atom stereocenters. The number of imidazole rings is 1. The molecule has 4 aromatic carbocycles. The summed E-state index contributed by atoms with van der Waals surface area (Å²) in [6.07, 6.45) is 5.73. The molecular weight excluding hydrogens is 463 g/mol. The molecule has 6 aromatic rings. The average molecular weight is 486 g/mol. The summed E-state index contributed by atoms with van der Waals surface area (Å²) < 4.78 is 2.08. The van der Waals surface area contributed by atoms with Crippen LogP contribution in [0.25, 0.3) is 44.9 Å². The maximum Gasteiger partial charge on any atom is 0.329 e. The van der Waals surface area contributed by atoms with E-state index < -0.39 is 0 Å². The van der Waals surface area contributed by atoms with Gasteiger partial charge in [0.1, 0.15) is 5.82 Å². The first kappa shape index (κ1) is 21.2. The zero-order valence-electron chi connectivity index (χ0n) is 20.9. The van der Waals surface area contributed by atoms with E-state index in [-0.39, 0.29) is 6.85 Å². The highest BCUT2D eigenvalue weighted by Gasteiger charge is 2.42. The predicted octanol–water partition coefficient (Wildman–Crippen LogP) is 6.05. The van der Waals surface area contributed by atoms with Crippen molar-refractivity contribution in [2.75, 3.05) is 4.81 Å². The number of pyridine rings is 1. The van der Waals surface area contributed by atoms with Crippen molar-refractivity contribution in [1.82, 2.24) is 14.5 Å². The van der Waals surface area contributed by atoms with Crippen LogP contribution in [0.3, 0.4) is 0 Å². The van der Waals surface area contributed by atoms with Crippen LogP contribution in [-0.4, -0.2) is 21.4 Å². The molecule has 0 saturated heterocycles. The predicted molar refractivity (Wildman–Crippen MR) is 156 cm³/mol. The highest BCUT2D eigenvalue weighted by molar-refractivity contribution is 6.92. The Kier molecular flexibility index (Phi) is 4.50. The third-order valence-electron chi connectivity index (χ3n) is 7.90. The van der Waals surface area contributed by atoms with Crippen LogP contribution in [0.1, 0.15) is 0 Å². The van der Waals surface area contributed by atoms with E-state index in [4.69, 9.17) is 0 Å². The molecule has 0 unspecified atom stereocenters. The second-order valence-electron chi connectivity index (χ2n) is 9.99. The Morgan fingerprint density at radius 2 is 1.21 bits per heavy atom. The summed E-state index contributed by atoms with van der Waals surface area (Å²) in [5, 5.41) is 0. The van der Waals surface area contributed by atoms with Gasteiger partial charge in [0.2, 0.25) is 0 Å². The Labute approximate surface area is 222 Å².